The number of ether oxygens (including phenoxy) is 1. The van der Waals surface area contributed by atoms with E-state index in [1.165, 1.54) is 11.4 Å². The van der Waals surface area contributed by atoms with E-state index in [-0.39, 0.29) is 19.2 Å². The van der Waals surface area contributed by atoms with Gasteiger partial charge in [0.1, 0.15) is 0 Å². The van der Waals surface area contributed by atoms with Crippen LogP contribution in [0.15, 0.2) is 0 Å². The number of aliphatic hydroxyl groups is 1. The topological polar surface area (TPSA) is 78.9 Å². The Hall–Kier alpha value is -0.210. The minimum Gasteiger partial charge on any atom is -0.395 e. The number of methoxy groups -OCH3 is 1. The molecule has 0 aliphatic carbocycles. The second-order valence-electron chi connectivity index (χ2n) is 3.48. The summed E-state index contributed by atoms with van der Waals surface area (Å²) < 4.78 is 32.0. The normalized spacial score (nSPS) is 23.5. The maximum absolute atomic E-state index is 11.7. The molecule has 0 spiro atoms. The highest BCUT2D eigenvalue weighted by Crippen LogP contribution is 2.19. The summed E-state index contributed by atoms with van der Waals surface area (Å²) in [6.07, 6.45) is 1.53. The van der Waals surface area contributed by atoms with Crippen LogP contribution in [-0.2, 0) is 14.9 Å². The molecule has 6 nitrogen and oxygen atoms in total. The molecule has 90 valence electrons. The molecule has 15 heavy (non-hydrogen) atoms. The highest BCUT2D eigenvalue weighted by Gasteiger charge is 2.33. The number of rotatable bonds is 6. The van der Waals surface area contributed by atoms with Crippen LogP contribution in [0.5, 0.6) is 0 Å². The Morgan fingerprint density at radius 2 is 2.33 bits per heavy atom. The van der Waals surface area contributed by atoms with E-state index in [0.29, 0.717) is 13.2 Å². The first-order valence-electron chi connectivity index (χ1n) is 4.98. The van der Waals surface area contributed by atoms with Crippen molar-refractivity contribution in [3.63, 3.8) is 0 Å². The molecule has 0 saturated carbocycles. The van der Waals surface area contributed by atoms with E-state index in [4.69, 9.17) is 9.84 Å². The van der Waals surface area contributed by atoms with E-state index in [9.17, 15) is 8.42 Å². The predicted molar refractivity (Wildman–Crippen MR) is 55.6 cm³/mol. The summed E-state index contributed by atoms with van der Waals surface area (Å²) >= 11 is 0. The maximum Gasteiger partial charge on any atom is 0.279 e. The SMILES string of the molecule is COCCNS(=O)(=O)N1CCC[C@H]1CO. The summed E-state index contributed by atoms with van der Waals surface area (Å²) in [6.45, 7) is 0.961. The Morgan fingerprint density at radius 1 is 1.60 bits per heavy atom. The highest BCUT2D eigenvalue weighted by atomic mass is 32.2. The lowest BCUT2D eigenvalue weighted by atomic mass is 10.2. The number of hydrogen-bond donors (Lipinski definition) is 2. The monoisotopic (exact) mass is 238 g/mol. The first-order chi connectivity index (χ1) is 7.11. The van der Waals surface area contributed by atoms with E-state index < -0.39 is 10.2 Å². The molecule has 0 unspecified atom stereocenters. The lowest BCUT2D eigenvalue weighted by Crippen LogP contribution is -2.45. The van der Waals surface area contributed by atoms with Crippen molar-refractivity contribution in [1.82, 2.24) is 9.03 Å². The van der Waals surface area contributed by atoms with Gasteiger partial charge in [-0.2, -0.15) is 17.4 Å². The third kappa shape index (κ3) is 3.39. The van der Waals surface area contributed by atoms with Gasteiger partial charge in [0, 0.05) is 26.2 Å². The number of aliphatic hydroxyl groups excluding tert-OH is 1. The van der Waals surface area contributed by atoms with Crippen LogP contribution < -0.4 is 4.72 Å². The predicted octanol–water partition coefficient (Wildman–Crippen LogP) is -1.08. The van der Waals surface area contributed by atoms with Crippen LogP contribution >= 0.6 is 0 Å². The van der Waals surface area contributed by atoms with Gasteiger partial charge in [-0.15, -0.1) is 0 Å². The average molecular weight is 238 g/mol. The van der Waals surface area contributed by atoms with Crippen LogP contribution in [0.3, 0.4) is 0 Å². The fraction of sp³-hybridized carbons (Fsp3) is 1.00. The van der Waals surface area contributed by atoms with Gasteiger partial charge in [-0.3, -0.25) is 0 Å². The first-order valence-corrected chi connectivity index (χ1v) is 6.42. The number of nitrogens with zero attached hydrogens (tertiary/aromatic N) is 1. The minimum absolute atomic E-state index is 0.120. The Morgan fingerprint density at radius 3 is 2.93 bits per heavy atom. The molecule has 0 radical (unpaired) electrons. The van der Waals surface area contributed by atoms with Gasteiger partial charge in [-0.05, 0) is 12.8 Å². The van der Waals surface area contributed by atoms with Gasteiger partial charge in [-0.1, -0.05) is 0 Å². The van der Waals surface area contributed by atoms with Gasteiger partial charge in [0.05, 0.1) is 13.2 Å². The highest BCUT2D eigenvalue weighted by molar-refractivity contribution is 7.87. The lowest BCUT2D eigenvalue weighted by Gasteiger charge is -2.22. The zero-order valence-electron chi connectivity index (χ0n) is 8.85. The molecule has 1 saturated heterocycles. The fourth-order valence-corrected chi connectivity index (χ4v) is 3.10. The summed E-state index contributed by atoms with van der Waals surface area (Å²) in [5.74, 6) is 0. The summed E-state index contributed by atoms with van der Waals surface area (Å²) in [5.41, 5.74) is 0. The van der Waals surface area contributed by atoms with Crippen molar-refractivity contribution in [3.05, 3.63) is 0 Å². The molecule has 0 bridgehead atoms. The summed E-state index contributed by atoms with van der Waals surface area (Å²) in [6, 6.07) is -0.273. The van der Waals surface area contributed by atoms with Crippen molar-refractivity contribution in [3.8, 4) is 0 Å². The zero-order valence-corrected chi connectivity index (χ0v) is 9.66. The van der Waals surface area contributed by atoms with Crippen molar-refractivity contribution >= 4 is 10.2 Å². The molecule has 1 rings (SSSR count). The summed E-state index contributed by atoms with van der Waals surface area (Å²) in [4.78, 5) is 0. The van der Waals surface area contributed by atoms with Crippen LogP contribution in [0.25, 0.3) is 0 Å². The molecule has 0 aromatic rings. The molecule has 1 fully saturated rings. The molecule has 0 aromatic heterocycles. The zero-order chi connectivity index (χ0) is 11.3. The van der Waals surface area contributed by atoms with Crippen molar-refractivity contribution in [2.45, 2.75) is 18.9 Å². The van der Waals surface area contributed by atoms with E-state index in [1.807, 2.05) is 0 Å². The number of hydrogen-bond acceptors (Lipinski definition) is 4. The second-order valence-corrected chi connectivity index (χ2v) is 5.19. The van der Waals surface area contributed by atoms with Crippen molar-refractivity contribution < 1.29 is 18.3 Å². The standard InChI is InChI=1S/C8H18N2O4S/c1-14-6-4-9-15(12,13)10-5-2-3-8(10)7-11/h8-9,11H,2-7H2,1H3/t8-/m0/s1. The van der Waals surface area contributed by atoms with E-state index >= 15 is 0 Å². The van der Waals surface area contributed by atoms with E-state index in [0.717, 1.165) is 12.8 Å². The van der Waals surface area contributed by atoms with E-state index in [2.05, 4.69) is 4.72 Å². The van der Waals surface area contributed by atoms with Gasteiger partial charge in [-0.25, -0.2) is 0 Å². The van der Waals surface area contributed by atoms with Crippen molar-refractivity contribution in [1.29, 1.82) is 0 Å². The average Bonchev–Trinajstić information content (AvgIpc) is 2.66. The van der Waals surface area contributed by atoms with Crippen LogP contribution in [0.4, 0.5) is 0 Å². The molecule has 1 heterocycles. The molecule has 0 amide bonds. The van der Waals surface area contributed by atoms with Crippen molar-refractivity contribution in [2.24, 2.45) is 0 Å². The van der Waals surface area contributed by atoms with E-state index in [1.54, 1.807) is 0 Å². The molecule has 1 atom stereocenters. The molecule has 2 N–H and O–H groups in total. The Balaban J connectivity index is 2.52. The smallest absolute Gasteiger partial charge is 0.279 e. The third-order valence-corrected chi connectivity index (χ3v) is 4.10. The Labute approximate surface area is 90.4 Å². The molecule has 1 aliphatic rings. The van der Waals surface area contributed by atoms with Gasteiger partial charge in [0.2, 0.25) is 0 Å². The Bertz CT molecular complexity index is 280. The lowest BCUT2D eigenvalue weighted by molar-refractivity contribution is 0.199. The van der Waals surface area contributed by atoms with Crippen molar-refractivity contribution in [2.75, 3.05) is 33.4 Å². The molecular formula is C8H18N2O4S. The second kappa shape index (κ2) is 5.76. The molecule has 1 aliphatic heterocycles. The first kappa shape index (κ1) is 12.9. The largest absolute Gasteiger partial charge is 0.395 e. The van der Waals surface area contributed by atoms with Crippen LogP contribution in [0.2, 0.25) is 0 Å². The van der Waals surface area contributed by atoms with Gasteiger partial charge in [0.15, 0.2) is 0 Å². The minimum atomic E-state index is -3.45. The van der Waals surface area contributed by atoms with Crippen LogP contribution in [-0.4, -0.2) is 57.3 Å². The Kier molecular flexibility index (Phi) is 4.94. The third-order valence-electron chi connectivity index (χ3n) is 2.43. The molecule has 7 heteroatoms. The molecular weight excluding hydrogens is 220 g/mol. The maximum atomic E-state index is 11.7. The van der Waals surface area contributed by atoms with Gasteiger partial charge < -0.3 is 9.84 Å². The van der Waals surface area contributed by atoms with Crippen LogP contribution in [0, 0.1) is 0 Å². The summed E-state index contributed by atoms with van der Waals surface area (Å²) in [7, 11) is -1.94. The summed E-state index contributed by atoms with van der Waals surface area (Å²) in [5, 5.41) is 9.01. The molecule has 0 aromatic carbocycles. The van der Waals surface area contributed by atoms with Gasteiger partial charge >= 0.3 is 0 Å². The number of nitrogens with one attached hydrogen (secondary N) is 1. The van der Waals surface area contributed by atoms with Crippen LogP contribution in [0.1, 0.15) is 12.8 Å². The fourth-order valence-electron chi connectivity index (χ4n) is 1.66. The quantitative estimate of drug-likeness (QED) is 0.577. The van der Waals surface area contributed by atoms with Gasteiger partial charge in [0.25, 0.3) is 10.2 Å².